The molecule has 172 valence electrons. The fourth-order valence-corrected chi connectivity index (χ4v) is 4.19. The molecule has 1 unspecified atom stereocenters. The van der Waals surface area contributed by atoms with Gasteiger partial charge < -0.3 is 18.9 Å². The molecule has 4 aromatic rings. The fourth-order valence-electron chi connectivity index (χ4n) is 4.19. The summed E-state index contributed by atoms with van der Waals surface area (Å²) >= 11 is 0. The maximum absolute atomic E-state index is 12.8. The van der Waals surface area contributed by atoms with Crippen molar-refractivity contribution in [3.63, 3.8) is 0 Å². The first-order chi connectivity index (χ1) is 16.2. The molecule has 0 spiro atoms. The van der Waals surface area contributed by atoms with Crippen molar-refractivity contribution in [2.24, 2.45) is 0 Å². The van der Waals surface area contributed by atoms with E-state index in [-0.39, 0.29) is 11.7 Å². The quantitative estimate of drug-likeness (QED) is 0.414. The predicted octanol–water partition coefficient (Wildman–Crippen LogP) is 2.35. The lowest BCUT2D eigenvalue weighted by atomic mass is 10.1. The Morgan fingerprint density at radius 2 is 2.21 bits per heavy atom. The number of benzene rings is 1. The lowest BCUT2D eigenvalue weighted by molar-refractivity contribution is 0.0663. The van der Waals surface area contributed by atoms with Crippen LogP contribution in [0.2, 0.25) is 0 Å². The molecule has 4 heterocycles. The summed E-state index contributed by atoms with van der Waals surface area (Å²) in [6.07, 6.45) is 3.80. The Labute approximate surface area is 190 Å². The van der Waals surface area contributed by atoms with E-state index >= 15 is 0 Å². The van der Waals surface area contributed by atoms with Gasteiger partial charge >= 0.3 is 0 Å². The molecule has 33 heavy (non-hydrogen) atoms. The highest BCUT2D eigenvalue weighted by molar-refractivity contribution is 5.80. The van der Waals surface area contributed by atoms with Gasteiger partial charge in [0.25, 0.3) is 5.56 Å². The molecule has 0 bridgehead atoms. The van der Waals surface area contributed by atoms with E-state index in [1.807, 2.05) is 36.4 Å². The van der Waals surface area contributed by atoms with Crippen LogP contribution in [0.25, 0.3) is 10.9 Å². The number of hydrogen-bond donors (Lipinski definition) is 1. The van der Waals surface area contributed by atoms with Gasteiger partial charge in [0.1, 0.15) is 18.1 Å². The van der Waals surface area contributed by atoms with Gasteiger partial charge in [-0.2, -0.15) is 0 Å². The lowest BCUT2D eigenvalue weighted by Gasteiger charge is -2.24. The summed E-state index contributed by atoms with van der Waals surface area (Å²) in [6.45, 7) is 2.81. The van der Waals surface area contributed by atoms with Crippen molar-refractivity contribution in [2.75, 3.05) is 20.3 Å². The highest BCUT2D eigenvalue weighted by Crippen LogP contribution is 2.21. The molecular formula is C23H26N6O4. The van der Waals surface area contributed by atoms with Crippen molar-refractivity contribution < 1.29 is 13.9 Å². The normalized spacial score (nSPS) is 16.1. The SMILES string of the molecule is COc1ccc2[nH]c(=O)c(CN(Cc3nnnn3Cc3ccco3)CC3CCCO3)cc2c1. The van der Waals surface area contributed by atoms with Gasteiger partial charge in [0, 0.05) is 36.2 Å². The van der Waals surface area contributed by atoms with Gasteiger partial charge in [-0.3, -0.25) is 9.69 Å². The first-order valence-corrected chi connectivity index (χ1v) is 11.0. The summed E-state index contributed by atoms with van der Waals surface area (Å²) in [4.78, 5) is 18.0. The third-order valence-corrected chi connectivity index (χ3v) is 5.86. The number of H-pyrrole nitrogens is 1. The number of aromatic nitrogens is 5. The van der Waals surface area contributed by atoms with Crippen molar-refractivity contribution >= 4 is 10.9 Å². The second kappa shape index (κ2) is 9.55. The van der Waals surface area contributed by atoms with Crippen LogP contribution in [-0.4, -0.2) is 56.5 Å². The molecule has 5 rings (SSSR count). The van der Waals surface area contributed by atoms with Crippen LogP contribution in [0.3, 0.4) is 0 Å². The van der Waals surface area contributed by atoms with Crippen LogP contribution < -0.4 is 10.3 Å². The van der Waals surface area contributed by atoms with E-state index in [2.05, 4.69) is 25.4 Å². The summed E-state index contributed by atoms with van der Waals surface area (Å²) in [5.41, 5.74) is 1.33. The number of pyridine rings is 1. The molecule has 1 atom stereocenters. The average Bonchev–Trinajstić information content (AvgIpc) is 3.59. The average molecular weight is 450 g/mol. The molecule has 10 nitrogen and oxygen atoms in total. The summed E-state index contributed by atoms with van der Waals surface area (Å²) in [5, 5.41) is 13.1. The summed E-state index contributed by atoms with van der Waals surface area (Å²) in [6, 6.07) is 11.3. The minimum Gasteiger partial charge on any atom is -0.497 e. The minimum atomic E-state index is -0.111. The summed E-state index contributed by atoms with van der Waals surface area (Å²) in [5.74, 6) is 2.21. The lowest BCUT2D eigenvalue weighted by Crippen LogP contribution is -2.34. The number of aromatic amines is 1. The molecule has 1 aliphatic heterocycles. The molecule has 1 fully saturated rings. The fraction of sp³-hybridized carbons (Fsp3) is 0.391. The zero-order valence-electron chi connectivity index (χ0n) is 18.4. The van der Waals surface area contributed by atoms with Gasteiger partial charge in [0.05, 0.1) is 26.0 Å². The van der Waals surface area contributed by atoms with Crippen LogP contribution in [0.4, 0.5) is 0 Å². The van der Waals surface area contributed by atoms with Crippen molar-refractivity contribution in [2.45, 2.75) is 38.6 Å². The Morgan fingerprint density at radius 1 is 1.27 bits per heavy atom. The van der Waals surface area contributed by atoms with Crippen LogP contribution in [-0.2, 0) is 24.4 Å². The van der Waals surface area contributed by atoms with E-state index in [1.165, 1.54) is 0 Å². The number of ether oxygens (including phenoxy) is 2. The smallest absolute Gasteiger partial charge is 0.252 e. The topological polar surface area (TPSA) is 111 Å². The minimum absolute atomic E-state index is 0.111. The second-order valence-electron chi connectivity index (χ2n) is 8.21. The van der Waals surface area contributed by atoms with Gasteiger partial charge in [-0.15, -0.1) is 5.10 Å². The first kappa shape index (κ1) is 21.4. The Morgan fingerprint density at radius 3 is 3.00 bits per heavy atom. The van der Waals surface area contributed by atoms with Crippen molar-refractivity contribution in [3.05, 3.63) is 70.2 Å². The van der Waals surface area contributed by atoms with Crippen LogP contribution in [0.1, 0.15) is 30.0 Å². The number of methoxy groups -OCH3 is 1. The number of nitrogens with one attached hydrogen (secondary N) is 1. The van der Waals surface area contributed by atoms with Crippen molar-refractivity contribution in [1.82, 2.24) is 30.1 Å². The predicted molar refractivity (Wildman–Crippen MR) is 120 cm³/mol. The largest absolute Gasteiger partial charge is 0.497 e. The molecule has 3 aromatic heterocycles. The third-order valence-electron chi connectivity index (χ3n) is 5.86. The van der Waals surface area contributed by atoms with Crippen LogP contribution in [0.5, 0.6) is 5.75 Å². The highest BCUT2D eigenvalue weighted by Gasteiger charge is 2.22. The summed E-state index contributed by atoms with van der Waals surface area (Å²) in [7, 11) is 1.63. The van der Waals surface area contributed by atoms with E-state index in [0.29, 0.717) is 37.6 Å². The Hall–Kier alpha value is -3.50. The zero-order chi connectivity index (χ0) is 22.6. The number of fused-ring (bicyclic) bond motifs is 1. The van der Waals surface area contributed by atoms with Crippen molar-refractivity contribution in [1.29, 1.82) is 0 Å². The maximum Gasteiger partial charge on any atom is 0.252 e. The number of hydrogen-bond acceptors (Lipinski definition) is 8. The standard InChI is InChI=1S/C23H26N6O4/c1-31-18-6-7-21-16(11-18)10-17(23(30)24-21)12-28(13-19-4-2-8-32-19)15-22-25-26-27-29(22)14-20-5-3-9-33-20/h3,5-7,9-11,19H,2,4,8,12-15H2,1H3,(H,24,30). The molecule has 1 saturated heterocycles. The first-order valence-electron chi connectivity index (χ1n) is 11.0. The second-order valence-corrected chi connectivity index (χ2v) is 8.21. The zero-order valence-corrected chi connectivity index (χ0v) is 18.4. The molecule has 1 N–H and O–H groups in total. The Bertz CT molecular complexity index is 1260. The van der Waals surface area contributed by atoms with E-state index in [1.54, 1.807) is 18.1 Å². The van der Waals surface area contributed by atoms with E-state index < -0.39 is 0 Å². The number of tetrazole rings is 1. The van der Waals surface area contributed by atoms with E-state index in [0.717, 1.165) is 41.9 Å². The number of furan rings is 1. The Kier molecular flexibility index (Phi) is 6.18. The number of rotatable bonds is 9. The van der Waals surface area contributed by atoms with Crippen LogP contribution in [0, 0.1) is 0 Å². The van der Waals surface area contributed by atoms with Crippen molar-refractivity contribution in [3.8, 4) is 5.75 Å². The molecular weight excluding hydrogens is 424 g/mol. The molecule has 0 aliphatic carbocycles. The molecule has 0 radical (unpaired) electrons. The molecule has 0 saturated carbocycles. The molecule has 1 aliphatic rings. The number of nitrogens with zero attached hydrogens (tertiary/aromatic N) is 5. The summed E-state index contributed by atoms with van der Waals surface area (Å²) < 4.78 is 18.4. The van der Waals surface area contributed by atoms with Gasteiger partial charge in [-0.1, -0.05) is 0 Å². The molecule has 1 aromatic carbocycles. The Balaban J connectivity index is 1.41. The molecule has 10 heteroatoms. The van der Waals surface area contributed by atoms with E-state index in [9.17, 15) is 4.79 Å². The van der Waals surface area contributed by atoms with Gasteiger partial charge in [-0.25, -0.2) is 4.68 Å². The highest BCUT2D eigenvalue weighted by atomic mass is 16.5. The van der Waals surface area contributed by atoms with Gasteiger partial charge in [0.15, 0.2) is 5.82 Å². The van der Waals surface area contributed by atoms with E-state index in [4.69, 9.17) is 13.9 Å². The van der Waals surface area contributed by atoms with Gasteiger partial charge in [0.2, 0.25) is 0 Å². The van der Waals surface area contributed by atoms with Gasteiger partial charge in [-0.05, 0) is 59.7 Å². The van der Waals surface area contributed by atoms with Crippen LogP contribution >= 0.6 is 0 Å². The third kappa shape index (κ3) is 4.96. The monoisotopic (exact) mass is 450 g/mol. The maximum atomic E-state index is 12.8. The van der Waals surface area contributed by atoms with Crippen LogP contribution in [0.15, 0.2) is 51.9 Å². The molecule has 0 amide bonds.